The first kappa shape index (κ1) is 20.4. The lowest BCUT2D eigenvalue weighted by atomic mass is 10.0. The van der Waals surface area contributed by atoms with Crippen LogP contribution < -0.4 is 21.5 Å². The molecule has 1 fully saturated rings. The summed E-state index contributed by atoms with van der Waals surface area (Å²) in [6.45, 7) is 5.65. The molecule has 2 heterocycles. The second-order valence-corrected chi connectivity index (χ2v) is 7.08. The summed E-state index contributed by atoms with van der Waals surface area (Å²) in [7, 11) is 0. The first-order valence-corrected chi connectivity index (χ1v) is 9.88. The number of carbonyl (C=O) groups excluding carboxylic acids is 1. The van der Waals surface area contributed by atoms with Crippen molar-refractivity contribution in [3.63, 3.8) is 0 Å². The van der Waals surface area contributed by atoms with Crippen LogP contribution >= 0.6 is 0 Å². The Hall–Kier alpha value is -3.34. The van der Waals surface area contributed by atoms with E-state index in [4.69, 9.17) is 5.26 Å². The Bertz CT molecular complexity index is 1050. The maximum Gasteiger partial charge on any atom is 0.331 e. The van der Waals surface area contributed by atoms with Crippen molar-refractivity contribution in [2.75, 3.05) is 18.0 Å². The van der Waals surface area contributed by atoms with Gasteiger partial charge in [-0.2, -0.15) is 5.26 Å². The van der Waals surface area contributed by atoms with Gasteiger partial charge >= 0.3 is 5.69 Å². The average Bonchev–Trinajstić information content (AvgIpc) is 2.74. The fourth-order valence-corrected chi connectivity index (χ4v) is 3.64. The number of aryl methyl sites for hydroxylation is 1. The summed E-state index contributed by atoms with van der Waals surface area (Å²) in [5.74, 6) is -0.203. The van der Waals surface area contributed by atoms with Gasteiger partial charge in [-0.1, -0.05) is 0 Å². The fourth-order valence-electron chi connectivity index (χ4n) is 3.64. The number of carbonyl (C=O) groups is 1. The summed E-state index contributed by atoms with van der Waals surface area (Å²) in [4.78, 5) is 39.6. The number of amides is 1. The first-order chi connectivity index (χ1) is 14.0. The van der Waals surface area contributed by atoms with E-state index >= 15 is 0 Å². The molecule has 0 aliphatic carbocycles. The molecule has 8 heteroatoms. The normalized spacial score (nSPS) is 16.3. The van der Waals surface area contributed by atoms with E-state index in [2.05, 4.69) is 5.32 Å². The van der Waals surface area contributed by atoms with E-state index in [0.29, 0.717) is 43.0 Å². The maximum atomic E-state index is 12.8. The lowest BCUT2D eigenvalue weighted by Gasteiger charge is -2.34. The van der Waals surface area contributed by atoms with Gasteiger partial charge in [-0.25, -0.2) is 4.79 Å². The van der Waals surface area contributed by atoms with Crippen molar-refractivity contribution in [1.82, 2.24) is 14.5 Å². The maximum absolute atomic E-state index is 12.8. The van der Waals surface area contributed by atoms with Crippen LogP contribution in [0.1, 0.15) is 42.6 Å². The van der Waals surface area contributed by atoms with Gasteiger partial charge in [-0.05, 0) is 51.0 Å². The van der Waals surface area contributed by atoms with Crippen LogP contribution in [-0.2, 0) is 13.1 Å². The van der Waals surface area contributed by atoms with Crippen LogP contribution in [0.15, 0.2) is 40.1 Å². The van der Waals surface area contributed by atoms with E-state index < -0.39 is 0 Å². The third kappa shape index (κ3) is 4.24. The third-order valence-corrected chi connectivity index (χ3v) is 5.25. The lowest BCUT2D eigenvalue weighted by molar-refractivity contribution is 0.0933. The number of nitrogens with zero attached hydrogens (tertiary/aromatic N) is 4. The molecule has 1 aliphatic heterocycles. The van der Waals surface area contributed by atoms with E-state index in [1.54, 1.807) is 42.0 Å². The summed E-state index contributed by atoms with van der Waals surface area (Å²) in [5, 5.41) is 11.9. The molecular weight excluding hydrogens is 370 g/mol. The number of aromatic nitrogens is 2. The smallest absolute Gasteiger partial charge is 0.331 e. The number of anilines is 1. The third-order valence-electron chi connectivity index (χ3n) is 5.25. The second-order valence-electron chi connectivity index (χ2n) is 7.08. The van der Waals surface area contributed by atoms with Crippen molar-refractivity contribution in [3.05, 3.63) is 62.4 Å². The average molecular weight is 395 g/mol. The van der Waals surface area contributed by atoms with E-state index in [9.17, 15) is 14.4 Å². The minimum atomic E-state index is -0.300. The Morgan fingerprint density at radius 2 is 1.93 bits per heavy atom. The van der Waals surface area contributed by atoms with Crippen molar-refractivity contribution in [2.45, 2.75) is 45.8 Å². The van der Waals surface area contributed by atoms with Crippen LogP contribution in [0.2, 0.25) is 0 Å². The highest BCUT2D eigenvalue weighted by molar-refractivity contribution is 5.94. The predicted octanol–water partition coefficient (Wildman–Crippen LogP) is 1.32. The Labute approximate surface area is 169 Å². The predicted molar refractivity (Wildman–Crippen MR) is 110 cm³/mol. The summed E-state index contributed by atoms with van der Waals surface area (Å²) in [6.07, 6.45) is 3.27. The van der Waals surface area contributed by atoms with Crippen LogP contribution in [0, 0.1) is 11.3 Å². The topological polar surface area (TPSA) is 100 Å². The SMILES string of the molecule is CCn1cc(N2CCCC(NC(=O)c3ccc(C#N)cc3)C2)c(=O)n(CC)c1=O. The van der Waals surface area contributed by atoms with Gasteiger partial charge < -0.3 is 10.2 Å². The van der Waals surface area contributed by atoms with E-state index in [1.807, 2.05) is 17.9 Å². The zero-order chi connectivity index (χ0) is 21.0. The molecular formula is C21H25N5O3. The molecule has 0 radical (unpaired) electrons. The van der Waals surface area contributed by atoms with Crippen molar-refractivity contribution < 1.29 is 4.79 Å². The molecule has 1 atom stereocenters. The number of nitriles is 1. The number of piperidine rings is 1. The molecule has 3 rings (SSSR count). The molecule has 1 aliphatic rings. The van der Waals surface area contributed by atoms with Crippen molar-refractivity contribution in [2.24, 2.45) is 0 Å². The molecule has 0 bridgehead atoms. The minimum absolute atomic E-state index is 0.108. The second kappa shape index (κ2) is 8.78. The molecule has 8 nitrogen and oxygen atoms in total. The Balaban J connectivity index is 1.79. The van der Waals surface area contributed by atoms with Crippen LogP contribution in [0.5, 0.6) is 0 Å². The number of nitrogens with one attached hydrogen (secondary N) is 1. The Morgan fingerprint density at radius 3 is 2.55 bits per heavy atom. The first-order valence-electron chi connectivity index (χ1n) is 9.88. The van der Waals surface area contributed by atoms with Crippen molar-refractivity contribution in [3.8, 4) is 6.07 Å². The van der Waals surface area contributed by atoms with Crippen LogP contribution in [0.3, 0.4) is 0 Å². The molecule has 1 aromatic carbocycles. The molecule has 29 heavy (non-hydrogen) atoms. The molecule has 1 unspecified atom stereocenters. The summed E-state index contributed by atoms with van der Waals surface area (Å²) < 4.78 is 2.79. The number of hydrogen-bond acceptors (Lipinski definition) is 5. The molecule has 0 spiro atoms. The molecule has 1 N–H and O–H groups in total. The largest absolute Gasteiger partial charge is 0.364 e. The van der Waals surface area contributed by atoms with Crippen molar-refractivity contribution in [1.29, 1.82) is 5.26 Å². The van der Waals surface area contributed by atoms with Crippen molar-refractivity contribution >= 4 is 11.6 Å². The molecule has 1 amide bonds. The summed E-state index contributed by atoms with van der Waals surface area (Å²) in [6, 6.07) is 8.41. The van der Waals surface area contributed by atoms with Crippen LogP contribution in [0.4, 0.5) is 5.69 Å². The van der Waals surface area contributed by atoms with Crippen LogP contribution in [-0.4, -0.2) is 34.2 Å². The monoisotopic (exact) mass is 395 g/mol. The molecule has 152 valence electrons. The molecule has 0 saturated carbocycles. The summed E-state index contributed by atoms with van der Waals surface area (Å²) in [5.41, 5.74) is 0.899. The highest BCUT2D eigenvalue weighted by Crippen LogP contribution is 2.17. The van der Waals surface area contributed by atoms with E-state index in [0.717, 1.165) is 12.8 Å². The number of hydrogen-bond donors (Lipinski definition) is 1. The fraction of sp³-hybridized carbons (Fsp3) is 0.429. The quantitative estimate of drug-likeness (QED) is 0.823. The van der Waals surface area contributed by atoms with Gasteiger partial charge in [0.05, 0.1) is 11.6 Å². The Kier molecular flexibility index (Phi) is 6.17. The van der Waals surface area contributed by atoms with Crippen LogP contribution in [0.25, 0.3) is 0 Å². The van der Waals surface area contributed by atoms with Gasteiger partial charge in [0.1, 0.15) is 5.69 Å². The highest BCUT2D eigenvalue weighted by Gasteiger charge is 2.25. The lowest BCUT2D eigenvalue weighted by Crippen LogP contribution is -2.50. The number of benzene rings is 1. The van der Waals surface area contributed by atoms with Gasteiger partial charge in [0.25, 0.3) is 11.5 Å². The zero-order valence-electron chi connectivity index (χ0n) is 16.7. The highest BCUT2D eigenvalue weighted by atomic mass is 16.2. The molecule has 1 saturated heterocycles. The van der Waals surface area contributed by atoms with Gasteiger partial charge in [0, 0.05) is 44.0 Å². The zero-order valence-corrected chi connectivity index (χ0v) is 16.7. The van der Waals surface area contributed by atoms with Gasteiger partial charge in [-0.15, -0.1) is 0 Å². The van der Waals surface area contributed by atoms with E-state index in [-0.39, 0.29) is 23.2 Å². The van der Waals surface area contributed by atoms with Gasteiger partial charge in [-0.3, -0.25) is 18.7 Å². The Morgan fingerprint density at radius 1 is 1.21 bits per heavy atom. The summed E-state index contributed by atoms with van der Waals surface area (Å²) >= 11 is 0. The van der Waals surface area contributed by atoms with E-state index in [1.165, 1.54) is 4.57 Å². The standard InChI is InChI=1S/C21H25N5O3/c1-3-24-14-18(20(28)26(4-2)21(24)29)25-11-5-6-17(13-25)23-19(27)16-9-7-15(12-22)8-10-16/h7-10,14,17H,3-6,11,13H2,1-2H3,(H,23,27). The number of rotatable bonds is 5. The van der Waals surface area contributed by atoms with Gasteiger partial charge in [0.2, 0.25) is 0 Å². The minimum Gasteiger partial charge on any atom is -0.364 e. The molecule has 1 aromatic heterocycles. The van der Waals surface area contributed by atoms with Gasteiger partial charge in [0.15, 0.2) is 0 Å². The molecule has 2 aromatic rings.